The number of carbonyl (C=O) groups excluding carboxylic acids is 1. The highest BCUT2D eigenvalue weighted by Gasteiger charge is 2.26. The van der Waals surface area contributed by atoms with Gasteiger partial charge in [-0.25, -0.2) is 0 Å². The van der Waals surface area contributed by atoms with Crippen molar-refractivity contribution in [3.05, 3.63) is 54.0 Å². The Morgan fingerprint density at radius 2 is 1.96 bits per heavy atom. The fraction of sp³-hybridized carbons (Fsp3) is 0.421. The van der Waals surface area contributed by atoms with Crippen LogP contribution in [0.2, 0.25) is 0 Å². The van der Waals surface area contributed by atoms with E-state index in [-0.39, 0.29) is 11.9 Å². The fourth-order valence-corrected chi connectivity index (χ4v) is 3.01. The highest BCUT2D eigenvalue weighted by molar-refractivity contribution is 5.79. The van der Waals surface area contributed by atoms with E-state index < -0.39 is 0 Å². The Hall–Kier alpha value is -2.27. The molecule has 128 valence electrons. The fourth-order valence-electron chi connectivity index (χ4n) is 3.01. The van der Waals surface area contributed by atoms with Crippen LogP contribution in [0.3, 0.4) is 0 Å². The van der Waals surface area contributed by atoms with Crippen molar-refractivity contribution in [1.29, 1.82) is 0 Å². The molecule has 0 radical (unpaired) electrons. The molecule has 24 heavy (non-hydrogen) atoms. The number of nitrogens with zero attached hydrogens (tertiary/aromatic N) is 1. The second-order valence-corrected chi connectivity index (χ2v) is 5.97. The van der Waals surface area contributed by atoms with Crippen LogP contribution < -0.4 is 4.74 Å². The van der Waals surface area contributed by atoms with Crippen molar-refractivity contribution in [2.45, 2.75) is 31.8 Å². The van der Waals surface area contributed by atoms with E-state index in [0.29, 0.717) is 26.2 Å². The predicted octanol–water partition coefficient (Wildman–Crippen LogP) is 3.04. The van der Waals surface area contributed by atoms with Crippen molar-refractivity contribution in [2.24, 2.45) is 0 Å². The molecule has 1 aliphatic heterocycles. The van der Waals surface area contributed by atoms with Crippen LogP contribution in [0.15, 0.2) is 47.1 Å². The van der Waals surface area contributed by atoms with Gasteiger partial charge in [0.15, 0.2) is 0 Å². The van der Waals surface area contributed by atoms with E-state index >= 15 is 0 Å². The van der Waals surface area contributed by atoms with Gasteiger partial charge in [-0.15, -0.1) is 0 Å². The first kappa shape index (κ1) is 16.6. The second kappa shape index (κ2) is 8.02. The van der Waals surface area contributed by atoms with Gasteiger partial charge in [0.25, 0.3) is 0 Å². The lowest BCUT2D eigenvalue weighted by molar-refractivity contribution is -0.135. The summed E-state index contributed by atoms with van der Waals surface area (Å²) in [5, 5.41) is 0. The largest absolute Gasteiger partial charge is 0.497 e. The van der Waals surface area contributed by atoms with Crippen molar-refractivity contribution >= 4 is 5.91 Å². The smallest absolute Gasteiger partial charge is 0.227 e. The van der Waals surface area contributed by atoms with Gasteiger partial charge in [-0.3, -0.25) is 4.79 Å². The molecule has 0 bridgehead atoms. The lowest BCUT2D eigenvalue weighted by atomic mass is 10.0. The summed E-state index contributed by atoms with van der Waals surface area (Å²) in [5.74, 6) is 1.72. The molecular formula is C19H23NO4. The lowest BCUT2D eigenvalue weighted by Gasteiger charge is -2.34. The van der Waals surface area contributed by atoms with E-state index in [4.69, 9.17) is 13.9 Å². The van der Waals surface area contributed by atoms with Crippen molar-refractivity contribution in [2.75, 3.05) is 20.3 Å². The summed E-state index contributed by atoms with van der Waals surface area (Å²) in [6.45, 7) is 1.91. The van der Waals surface area contributed by atoms with Crippen LogP contribution in [0.1, 0.15) is 24.2 Å². The minimum absolute atomic E-state index is 0.114. The molecule has 2 aromatic rings. The summed E-state index contributed by atoms with van der Waals surface area (Å²) < 4.78 is 16.0. The maximum atomic E-state index is 12.9. The van der Waals surface area contributed by atoms with E-state index in [0.717, 1.165) is 29.9 Å². The molecule has 1 amide bonds. The molecule has 0 aliphatic carbocycles. The number of rotatable bonds is 6. The summed E-state index contributed by atoms with van der Waals surface area (Å²) in [7, 11) is 1.64. The molecule has 0 spiro atoms. The third kappa shape index (κ3) is 4.17. The third-order valence-electron chi connectivity index (χ3n) is 4.37. The van der Waals surface area contributed by atoms with Crippen LogP contribution in [-0.2, 0) is 22.5 Å². The zero-order chi connectivity index (χ0) is 16.8. The zero-order valence-electron chi connectivity index (χ0n) is 13.9. The first-order chi connectivity index (χ1) is 11.8. The van der Waals surface area contributed by atoms with Crippen LogP contribution in [0.25, 0.3) is 0 Å². The average molecular weight is 329 g/mol. The first-order valence-electron chi connectivity index (χ1n) is 8.29. The first-order valence-corrected chi connectivity index (χ1v) is 8.29. The van der Waals surface area contributed by atoms with Gasteiger partial charge >= 0.3 is 0 Å². The van der Waals surface area contributed by atoms with Gasteiger partial charge in [0.05, 0.1) is 26.3 Å². The molecule has 3 rings (SSSR count). The van der Waals surface area contributed by atoms with Gasteiger partial charge in [-0.05, 0) is 42.7 Å². The molecule has 0 unspecified atom stereocenters. The van der Waals surface area contributed by atoms with Gasteiger partial charge in [0.2, 0.25) is 5.91 Å². The Kier molecular flexibility index (Phi) is 5.54. The molecule has 1 aromatic heterocycles. The van der Waals surface area contributed by atoms with Crippen LogP contribution in [0.4, 0.5) is 0 Å². The lowest BCUT2D eigenvalue weighted by Crippen LogP contribution is -2.43. The van der Waals surface area contributed by atoms with Crippen molar-refractivity contribution < 1.29 is 18.7 Å². The number of hydrogen-bond donors (Lipinski definition) is 0. The normalized spacial score (nSPS) is 15.2. The standard InChI is InChI=1S/C19H23NO4/c1-22-17-6-4-15(5-7-17)13-19(21)20(14-18-3-2-10-24-18)16-8-11-23-12-9-16/h2-7,10,16H,8-9,11-14H2,1H3. The second-order valence-electron chi connectivity index (χ2n) is 5.97. The highest BCUT2D eigenvalue weighted by atomic mass is 16.5. The van der Waals surface area contributed by atoms with Crippen molar-refractivity contribution in [1.82, 2.24) is 4.90 Å². The number of furan rings is 1. The Morgan fingerprint density at radius 3 is 2.58 bits per heavy atom. The number of carbonyl (C=O) groups is 1. The van der Waals surface area contributed by atoms with E-state index in [1.54, 1.807) is 13.4 Å². The molecule has 1 aromatic carbocycles. The predicted molar refractivity (Wildman–Crippen MR) is 89.8 cm³/mol. The zero-order valence-corrected chi connectivity index (χ0v) is 13.9. The Morgan fingerprint density at radius 1 is 1.21 bits per heavy atom. The number of methoxy groups -OCH3 is 1. The minimum Gasteiger partial charge on any atom is -0.497 e. The molecule has 0 saturated carbocycles. The molecule has 1 aliphatic rings. The minimum atomic E-state index is 0.114. The van der Waals surface area contributed by atoms with Gasteiger partial charge in [0.1, 0.15) is 11.5 Å². The Bertz CT molecular complexity index is 630. The summed E-state index contributed by atoms with van der Waals surface area (Å²) in [5.41, 5.74) is 0.984. The monoisotopic (exact) mass is 329 g/mol. The average Bonchev–Trinajstić information content (AvgIpc) is 3.14. The Labute approximate surface area is 142 Å². The van der Waals surface area contributed by atoms with Crippen LogP contribution in [-0.4, -0.2) is 37.2 Å². The summed E-state index contributed by atoms with van der Waals surface area (Å²) >= 11 is 0. The van der Waals surface area contributed by atoms with Crippen LogP contribution in [0.5, 0.6) is 5.75 Å². The van der Waals surface area contributed by atoms with E-state index in [1.165, 1.54) is 0 Å². The summed E-state index contributed by atoms with van der Waals surface area (Å²) in [6, 6.07) is 11.6. The molecule has 0 N–H and O–H groups in total. The number of amides is 1. The maximum Gasteiger partial charge on any atom is 0.227 e. The summed E-state index contributed by atoms with van der Waals surface area (Å²) in [6.07, 6.45) is 3.76. The molecule has 0 atom stereocenters. The molecule has 1 saturated heterocycles. The van der Waals surface area contributed by atoms with E-state index in [2.05, 4.69) is 0 Å². The van der Waals surface area contributed by atoms with Gasteiger partial charge < -0.3 is 18.8 Å². The van der Waals surface area contributed by atoms with E-state index in [1.807, 2.05) is 41.3 Å². The summed E-state index contributed by atoms with van der Waals surface area (Å²) in [4.78, 5) is 14.8. The number of hydrogen-bond acceptors (Lipinski definition) is 4. The molecular weight excluding hydrogens is 306 g/mol. The van der Waals surface area contributed by atoms with Gasteiger partial charge in [0, 0.05) is 19.3 Å². The van der Waals surface area contributed by atoms with Crippen LogP contribution in [0, 0.1) is 0 Å². The third-order valence-corrected chi connectivity index (χ3v) is 4.37. The van der Waals surface area contributed by atoms with Crippen molar-refractivity contribution in [3.8, 4) is 5.75 Å². The Balaban J connectivity index is 1.71. The number of benzene rings is 1. The highest BCUT2D eigenvalue weighted by Crippen LogP contribution is 2.20. The van der Waals surface area contributed by atoms with E-state index in [9.17, 15) is 4.79 Å². The molecule has 1 fully saturated rings. The quantitative estimate of drug-likeness (QED) is 0.817. The van der Waals surface area contributed by atoms with Crippen molar-refractivity contribution in [3.63, 3.8) is 0 Å². The maximum absolute atomic E-state index is 12.9. The van der Waals surface area contributed by atoms with Crippen LogP contribution >= 0.6 is 0 Å². The van der Waals surface area contributed by atoms with Gasteiger partial charge in [-0.1, -0.05) is 12.1 Å². The number of ether oxygens (including phenoxy) is 2. The molecule has 5 heteroatoms. The SMILES string of the molecule is COc1ccc(CC(=O)N(Cc2ccco2)C2CCOCC2)cc1. The molecule has 2 heterocycles. The van der Waals surface area contributed by atoms with Gasteiger partial charge in [-0.2, -0.15) is 0 Å². The topological polar surface area (TPSA) is 51.9 Å². The molecule has 5 nitrogen and oxygen atoms in total.